The zero-order valence-corrected chi connectivity index (χ0v) is 11.4. The average Bonchev–Trinajstić information content (AvgIpc) is 2.65. The van der Waals surface area contributed by atoms with Crippen LogP contribution >= 0.6 is 0 Å². The molecule has 2 aliphatic carbocycles. The summed E-state index contributed by atoms with van der Waals surface area (Å²) in [6.07, 6.45) is 4.10. The van der Waals surface area contributed by atoms with Crippen molar-refractivity contribution >= 4 is 0 Å². The second kappa shape index (κ2) is 3.66. The third-order valence-corrected chi connectivity index (χ3v) is 5.83. The second-order valence-electron chi connectivity index (χ2n) is 6.71. The van der Waals surface area contributed by atoms with Crippen molar-refractivity contribution in [3.63, 3.8) is 0 Å². The predicted octanol–water partition coefficient (Wildman–Crippen LogP) is 3.99. The SMILES string of the molecule is CC1(C)[C@@H]2CC[C@@]1(C)[C@H](Oc1ccc(O)cc1)C2. The van der Waals surface area contributed by atoms with Gasteiger partial charge in [0.1, 0.15) is 17.6 Å². The molecule has 2 heteroatoms. The van der Waals surface area contributed by atoms with E-state index in [0.29, 0.717) is 17.3 Å². The molecule has 1 aromatic rings. The van der Waals surface area contributed by atoms with E-state index in [-0.39, 0.29) is 5.41 Å². The largest absolute Gasteiger partial charge is 0.508 e. The first kappa shape index (κ1) is 11.9. The minimum atomic E-state index is 0.287. The molecule has 0 amide bonds. The molecule has 1 aromatic carbocycles. The van der Waals surface area contributed by atoms with Gasteiger partial charge in [-0.25, -0.2) is 0 Å². The summed E-state index contributed by atoms with van der Waals surface area (Å²) in [6, 6.07) is 7.10. The van der Waals surface area contributed by atoms with Gasteiger partial charge in [-0.05, 0) is 54.9 Å². The van der Waals surface area contributed by atoms with Crippen LogP contribution in [0.1, 0.15) is 40.0 Å². The molecule has 0 unspecified atom stereocenters. The monoisotopic (exact) mass is 246 g/mol. The lowest BCUT2D eigenvalue weighted by molar-refractivity contribution is 0.0301. The first-order chi connectivity index (χ1) is 8.43. The Morgan fingerprint density at radius 3 is 2.33 bits per heavy atom. The Labute approximate surface area is 109 Å². The highest BCUT2D eigenvalue weighted by Gasteiger charge is 2.62. The summed E-state index contributed by atoms with van der Waals surface area (Å²) in [5, 5.41) is 9.30. The number of rotatable bonds is 2. The molecule has 0 aliphatic heterocycles. The summed E-state index contributed by atoms with van der Waals surface area (Å²) in [5.74, 6) is 1.97. The predicted molar refractivity (Wildman–Crippen MR) is 71.8 cm³/mol. The van der Waals surface area contributed by atoms with Crippen molar-refractivity contribution in [2.45, 2.75) is 46.1 Å². The molecule has 18 heavy (non-hydrogen) atoms. The first-order valence-corrected chi connectivity index (χ1v) is 6.89. The summed E-state index contributed by atoms with van der Waals surface area (Å²) < 4.78 is 6.19. The quantitative estimate of drug-likeness (QED) is 0.855. The van der Waals surface area contributed by atoms with Gasteiger partial charge in [-0.15, -0.1) is 0 Å². The molecule has 2 aliphatic rings. The van der Waals surface area contributed by atoms with Crippen molar-refractivity contribution in [1.29, 1.82) is 0 Å². The van der Waals surface area contributed by atoms with Crippen LogP contribution in [0.25, 0.3) is 0 Å². The van der Waals surface area contributed by atoms with Gasteiger partial charge in [0.15, 0.2) is 0 Å². The first-order valence-electron chi connectivity index (χ1n) is 6.89. The lowest BCUT2D eigenvalue weighted by Crippen LogP contribution is -2.38. The molecule has 2 saturated carbocycles. The molecule has 3 rings (SSSR count). The van der Waals surface area contributed by atoms with Gasteiger partial charge in [0.25, 0.3) is 0 Å². The van der Waals surface area contributed by atoms with Gasteiger partial charge in [-0.3, -0.25) is 0 Å². The van der Waals surface area contributed by atoms with Crippen molar-refractivity contribution in [2.75, 3.05) is 0 Å². The normalized spacial score (nSPS) is 36.8. The smallest absolute Gasteiger partial charge is 0.120 e. The lowest BCUT2D eigenvalue weighted by Gasteiger charge is -2.38. The molecule has 0 radical (unpaired) electrons. The van der Waals surface area contributed by atoms with Crippen LogP contribution in [0.15, 0.2) is 24.3 Å². The number of hydrogen-bond acceptors (Lipinski definition) is 2. The maximum atomic E-state index is 9.30. The van der Waals surface area contributed by atoms with E-state index in [9.17, 15) is 5.11 Å². The highest BCUT2D eigenvalue weighted by Crippen LogP contribution is 2.66. The number of fused-ring (bicyclic) bond motifs is 2. The van der Waals surface area contributed by atoms with Crippen LogP contribution in [0, 0.1) is 16.7 Å². The van der Waals surface area contributed by atoms with E-state index in [0.717, 1.165) is 11.7 Å². The van der Waals surface area contributed by atoms with Crippen LogP contribution in [-0.4, -0.2) is 11.2 Å². The second-order valence-corrected chi connectivity index (χ2v) is 6.71. The Morgan fingerprint density at radius 1 is 1.17 bits per heavy atom. The highest BCUT2D eigenvalue weighted by atomic mass is 16.5. The van der Waals surface area contributed by atoms with E-state index in [2.05, 4.69) is 20.8 Å². The fraction of sp³-hybridized carbons (Fsp3) is 0.625. The average molecular weight is 246 g/mol. The number of phenolic OH excluding ortho intramolecular Hbond substituents is 1. The fourth-order valence-electron chi connectivity index (χ4n) is 4.00. The van der Waals surface area contributed by atoms with Crippen LogP contribution in [-0.2, 0) is 0 Å². The van der Waals surface area contributed by atoms with Gasteiger partial charge >= 0.3 is 0 Å². The number of aromatic hydroxyl groups is 1. The fourth-order valence-corrected chi connectivity index (χ4v) is 4.00. The van der Waals surface area contributed by atoms with E-state index in [1.54, 1.807) is 12.1 Å². The summed E-state index contributed by atoms with van der Waals surface area (Å²) in [6.45, 7) is 7.17. The topological polar surface area (TPSA) is 29.5 Å². The summed E-state index contributed by atoms with van der Waals surface area (Å²) >= 11 is 0. The standard InChI is InChI=1S/C16H22O2/c1-15(2)11-8-9-16(15,3)14(10-11)18-13-6-4-12(17)5-7-13/h4-7,11,14,17H,8-10H2,1-3H3/t11-,14-,16+/m1/s1. The third-order valence-electron chi connectivity index (χ3n) is 5.83. The lowest BCUT2D eigenvalue weighted by atomic mass is 9.70. The molecular weight excluding hydrogens is 224 g/mol. The van der Waals surface area contributed by atoms with Crippen LogP contribution < -0.4 is 4.74 Å². The summed E-state index contributed by atoms with van der Waals surface area (Å²) in [4.78, 5) is 0. The van der Waals surface area contributed by atoms with E-state index in [1.165, 1.54) is 19.3 Å². The molecule has 2 nitrogen and oxygen atoms in total. The van der Waals surface area contributed by atoms with Crippen molar-refractivity contribution < 1.29 is 9.84 Å². The highest BCUT2D eigenvalue weighted by molar-refractivity contribution is 5.30. The molecule has 0 heterocycles. The maximum absolute atomic E-state index is 9.30. The van der Waals surface area contributed by atoms with E-state index in [1.807, 2.05) is 12.1 Å². The Kier molecular flexibility index (Phi) is 2.42. The van der Waals surface area contributed by atoms with Crippen LogP contribution in [0.2, 0.25) is 0 Å². The molecule has 3 atom stereocenters. The molecule has 0 saturated heterocycles. The van der Waals surface area contributed by atoms with Crippen molar-refractivity contribution in [2.24, 2.45) is 16.7 Å². The van der Waals surface area contributed by atoms with E-state index in [4.69, 9.17) is 4.74 Å². The minimum Gasteiger partial charge on any atom is -0.508 e. The van der Waals surface area contributed by atoms with E-state index >= 15 is 0 Å². The zero-order valence-electron chi connectivity index (χ0n) is 11.4. The van der Waals surface area contributed by atoms with Crippen molar-refractivity contribution in [3.05, 3.63) is 24.3 Å². The van der Waals surface area contributed by atoms with E-state index < -0.39 is 0 Å². The molecule has 2 bridgehead atoms. The molecule has 0 spiro atoms. The number of ether oxygens (including phenoxy) is 1. The molecule has 2 fully saturated rings. The van der Waals surface area contributed by atoms with Crippen LogP contribution in [0.5, 0.6) is 11.5 Å². The maximum Gasteiger partial charge on any atom is 0.120 e. The Hall–Kier alpha value is -1.18. The third kappa shape index (κ3) is 1.47. The van der Waals surface area contributed by atoms with Gasteiger partial charge in [0, 0.05) is 5.41 Å². The number of benzene rings is 1. The van der Waals surface area contributed by atoms with Gasteiger partial charge in [-0.1, -0.05) is 20.8 Å². The Balaban J connectivity index is 1.81. The number of phenols is 1. The molecule has 1 N–H and O–H groups in total. The van der Waals surface area contributed by atoms with Gasteiger partial charge < -0.3 is 9.84 Å². The Morgan fingerprint density at radius 2 is 1.83 bits per heavy atom. The molecular formula is C16H22O2. The van der Waals surface area contributed by atoms with Gasteiger partial charge in [0.05, 0.1) is 0 Å². The van der Waals surface area contributed by atoms with Crippen molar-refractivity contribution in [3.8, 4) is 11.5 Å². The minimum absolute atomic E-state index is 0.287. The number of hydrogen-bond donors (Lipinski definition) is 1. The molecule has 0 aromatic heterocycles. The summed E-state index contributed by atoms with van der Waals surface area (Å²) in [5.41, 5.74) is 0.671. The summed E-state index contributed by atoms with van der Waals surface area (Å²) in [7, 11) is 0. The van der Waals surface area contributed by atoms with Gasteiger partial charge in [-0.2, -0.15) is 0 Å². The van der Waals surface area contributed by atoms with Crippen molar-refractivity contribution in [1.82, 2.24) is 0 Å². The van der Waals surface area contributed by atoms with Crippen LogP contribution in [0.3, 0.4) is 0 Å². The zero-order chi connectivity index (χ0) is 13.0. The Bertz CT molecular complexity index is 449. The van der Waals surface area contributed by atoms with Gasteiger partial charge in [0.2, 0.25) is 0 Å². The van der Waals surface area contributed by atoms with Crippen LogP contribution in [0.4, 0.5) is 0 Å². The molecule has 98 valence electrons.